The van der Waals surface area contributed by atoms with E-state index in [1.54, 1.807) is 13.3 Å². The summed E-state index contributed by atoms with van der Waals surface area (Å²) in [6.07, 6.45) is 1.57. The van der Waals surface area contributed by atoms with Crippen LogP contribution in [-0.4, -0.2) is 18.7 Å². The number of benzene rings is 1. The molecule has 0 fully saturated rings. The van der Waals surface area contributed by atoms with Crippen LogP contribution in [-0.2, 0) is 0 Å². The minimum Gasteiger partial charge on any atom is -0.493 e. The van der Waals surface area contributed by atoms with Gasteiger partial charge < -0.3 is 9.47 Å². The average Bonchev–Trinajstić information content (AvgIpc) is 2.88. The van der Waals surface area contributed by atoms with Gasteiger partial charge >= 0.3 is 0 Å². The number of hydrogen-bond acceptors (Lipinski definition) is 5. The second-order valence-corrected chi connectivity index (χ2v) is 4.47. The number of thiazole rings is 1. The molecule has 0 radical (unpaired) electrons. The SMILES string of the molecule is CCOc1ccc(-c2ncc(C#N)s2)cc1OC. The van der Waals surface area contributed by atoms with Gasteiger partial charge in [-0.1, -0.05) is 0 Å². The maximum absolute atomic E-state index is 8.79. The van der Waals surface area contributed by atoms with Gasteiger partial charge in [0.2, 0.25) is 0 Å². The molecular formula is C13H12N2O2S. The van der Waals surface area contributed by atoms with Crippen LogP contribution in [0.5, 0.6) is 11.5 Å². The van der Waals surface area contributed by atoms with Crippen molar-refractivity contribution in [3.8, 4) is 28.1 Å². The molecule has 0 spiro atoms. The molecule has 0 unspecified atom stereocenters. The summed E-state index contributed by atoms with van der Waals surface area (Å²) in [5.41, 5.74) is 0.918. The number of rotatable bonds is 4. The van der Waals surface area contributed by atoms with Crippen molar-refractivity contribution in [1.29, 1.82) is 5.26 Å². The van der Waals surface area contributed by atoms with Gasteiger partial charge in [0.1, 0.15) is 16.0 Å². The first-order valence-electron chi connectivity index (χ1n) is 5.45. The number of hydrogen-bond donors (Lipinski definition) is 0. The lowest BCUT2D eigenvalue weighted by atomic mass is 10.2. The second kappa shape index (κ2) is 5.52. The Labute approximate surface area is 109 Å². The van der Waals surface area contributed by atoms with E-state index in [1.165, 1.54) is 11.3 Å². The molecule has 0 atom stereocenters. The smallest absolute Gasteiger partial charge is 0.161 e. The molecule has 0 saturated heterocycles. The largest absolute Gasteiger partial charge is 0.493 e. The molecular weight excluding hydrogens is 248 g/mol. The Morgan fingerprint density at radius 1 is 1.39 bits per heavy atom. The van der Waals surface area contributed by atoms with Gasteiger partial charge in [0.15, 0.2) is 11.5 Å². The van der Waals surface area contributed by atoms with Gasteiger partial charge in [0.05, 0.1) is 19.9 Å². The van der Waals surface area contributed by atoms with Crippen molar-refractivity contribution in [2.75, 3.05) is 13.7 Å². The van der Waals surface area contributed by atoms with E-state index in [-0.39, 0.29) is 0 Å². The molecule has 92 valence electrons. The Kier molecular flexibility index (Phi) is 3.80. The molecule has 18 heavy (non-hydrogen) atoms. The van der Waals surface area contributed by atoms with Crippen molar-refractivity contribution in [2.45, 2.75) is 6.92 Å². The Bertz CT molecular complexity index is 587. The van der Waals surface area contributed by atoms with E-state index in [4.69, 9.17) is 14.7 Å². The molecule has 0 aliphatic rings. The fourth-order valence-corrected chi connectivity index (χ4v) is 2.24. The number of nitriles is 1. The van der Waals surface area contributed by atoms with Crippen LogP contribution in [0.2, 0.25) is 0 Å². The lowest BCUT2D eigenvalue weighted by Gasteiger charge is -2.09. The third kappa shape index (κ3) is 2.44. The highest BCUT2D eigenvalue weighted by Crippen LogP contribution is 2.33. The number of nitrogens with zero attached hydrogens (tertiary/aromatic N) is 2. The molecule has 4 nitrogen and oxygen atoms in total. The summed E-state index contributed by atoms with van der Waals surface area (Å²) in [6, 6.07) is 7.71. The maximum Gasteiger partial charge on any atom is 0.161 e. The van der Waals surface area contributed by atoms with Gasteiger partial charge in [-0.3, -0.25) is 0 Å². The predicted molar refractivity (Wildman–Crippen MR) is 70.0 cm³/mol. The minimum absolute atomic E-state index is 0.589. The Balaban J connectivity index is 2.38. The van der Waals surface area contributed by atoms with E-state index < -0.39 is 0 Å². The van der Waals surface area contributed by atoms with Gasteiger partial charge in [-0.05, 0) is 25.1 Å². The van der Waals surface area contributed by atoms with E-state index in [0.29, 0.717) is 23.0 Å². The normalized spacial score (nSPS) is 9.83. The van der Waals surface area contributed by atoms with E-state index in [2.05, 4.69) is 11.1 Å². The third-order valence-electron chi connectivity index (χ3n) is 2.33. The summed E-state index contributed by atoms with van der Waals surface area (Å²) in [5.74, 6) is 1.38. The predicted octanol–water partition coefficient (Wildman–Crippen LogP) is 3.09. The van der Waals surface area contributed by atoms with Crippen molar-refractivity contribution in [3.63, 3.8) is 0 Å². The van der Waals surface area contributed by atoms with E-state index >= 15 is 0 Å². The summed E-state index contributed by atoms with van der Waals surface area (Å²) in [4.78, 5) is 4.80. The Morgan fingerprint density at radius 2 is 2.22 bits per heavy atom. The molecule has 2 aromatic rings. The van der Waals surface area contributed by atoms with Gasteiger partial charge in [0.25, 0.3) is 0 Å². The van der Waals surface area contributed by atoms with Crippen LogP contribution in [0.1, 0.15) is 11.8 Å². The Morgan fingerprint density at radius 3 is 2.83 bits per heavy atom. The molecule has 0 N–H and O–H groups in total. The van der Waals surface area contributed by atoms with Crippen molar-refractivity contribution >= 4 is 11.3 Å². The average molecular weight is 260 g/mol. The molecule has 0 aliphatic heterocycles. The monoisotopic (exact) mass is 260 g/mol. The summed E-state index contributed by atoms with van der Waals surface area (Å²) in [7, 11) is 1.60. The number of ether oxygens (including phenoxy) is 2. The molecule has 0 amide bonds. The summed E-state index contributed by atoms with van der Waals surface area (Å²) >= 11 is 1.36. The summed E-state index contributed by atoms with van der Waals surface area (Å²) < 4.78 is 10.7. The lowest BCUT2D eigenvalue weighted by Crippen LogP contribution is -1.95. The van der Waals surface area contributed by atoms with E-state index in [9.17, 15) is 0 Å². The quantitative estimate of drug-likeness (QED) is 0.847. The highest BCUT2D eigenvalue weighted by atomic mass is 32.1. The first-order chi connectivity index (χ1) is 8.78. The zero-order valence-electron chi connectivity index (χ0n) is 10.1. The lowest BCUT2D eigenvalue weighted by molar-refractivity contribution is 0.311. The van der Waals surface area contributed by atoms with Crippen LogP contribution >= 0.6 is 11.3 Å². The zero-order chi connectivity index (χ0) is 13.0. The Hall–Kier alpha value is -2.06. The van der Waals surface area contributed by atoms with Crippen LogP contribution in [0.4, 0.5) is 0 Å². The molecule has 5 heteroatoms. The fourth-order valence-electron chi connectivity index (χ4n) is 1.53. The highest BCUT2D eigenvalue weighted by molar-refractivity contribution is 7.15. The van der Waals surface area contributed by atoms with Gasteiger partial charge in [0, 0.05) is 5.56 Å². The van der Waals surface area contributed by atoms with Crippen LogP contribution in [0.25, 0.3) is 10.6 Å². The van der Waals surface area contributed by atoms with Crippen molar-refractivity contribution < 1.29 is 9.47 Å². The summed E-state index contributed by atoms with van der Waals surface area (Å²) in [5, 5.41) is 9.59. The van der Waals surface area contributed by atoms with Crippen molar-refractivity contribution in [3.05, 3.63) is 29.3 Å². The number of aromatic nitrogens is 1. The second-order valence-electron chi connectivity index (χ2n) is 3.44. The molecule has 0 bridgehead atoms. The first-order valence-corrected chi connectivity index (χ1v) is 6.27. The standard InChI is InChI=1S/C13H12N2O2S/c1-3-17-11-5-4-9(6-12(11)16-2)13-15-8-10(7-14)18-13/h4-6,8H,3H2,1-2H3. The molecule has 1 aromatic carbocycles. The van der Waals surface area contributed by atoms with Crippen molar-refractivity contribution in [2.24, 2.45) is 0 Å². The topological polar surface area (TPSA) is 55.1 Å². The minimum atomic E-state index is 0.589. The molecule has 0 aliphatic carbocycles. The van der Waals surface area contributed by atoms with E-state index in [0.717, 1.165) is 10.6 Å². The highest BCUT2D eigenvalue weighted by Gasteiger charge is 2.09. The maximum atomic E-state index is 8.79. The van der Waals surface area contributed by atoms with Crippen LogP contribution in [0, 0.1) is 11.3 Å². The molecule has 2 rings (SSSR count). The molecule has 1 aromatic heterocycles. The fraction of sp³-hybridized carbons (Fsp3) is 0.231. The zero-order valence-corrected chi connectivity index (χ0v) is 11.0. The molecule has 1 heterocycles. The van der Waals surface area contributed by atoms with Crippen LogP contribution < -0.4 is 9.47 Å². The van der Waals surface area contributed by atoms with E-state index in [1.807, 2.05) is 25.1 Å². The van der Waals surface area contributed by atoms with Crippen LogP contribution in [0.3, 0.4) is 0 Å². The van der Waals surface area contributed by atoms with Gasteiger partial charge in [-0.2, -0.15) is 5.26 Å². The number of methoxy groups -OCH3 is 1. The van der Waals surface area contributed by atoms with Gasteiger partial charge in [-0.25, -0.2) is 4.98 Å². The third-order valence-corrected chi connectivity index (χ3v) is 3.28. The summed E-state index contributed by atoms with van der Waals surface area (Å²) in [6.45, 7) is 2.51. The van der Waals surface area contributed by atoms with Crippen LogP contribution in [0.15, 0.2) is 24.4 Å². The molecule has 0 saturated carbocycles. The van der Waals surface area contributed by atoms with Crippen molar-refractivity contribution in [1.82, 2.24) is 4.98 Å². The van der Waals surface area contributed by atoms with Gasteiger partial charge in [-0.15, -0.1) is 11.3 Å². The first kappa shape index (κ1) is 12.4.